The minimum Gasteiger partial charge on any atom is -0.376 e. The third kappa shape index (κ3) is 3.26. The van der Waals surface area contributed by atoms with Crippen LogP contribution in [0.25, 0.3) is 0 Å². The Bertz CT molecular complexity index is 428. The maximum absolute atomic E-state index is 6.09. The van der Waals surface area contributed by atoms with Crippen molar-refractivity contribution in [1.82, 2.24) is 5.32 Å². The minimum atomic E-state index is -0.0389. The van der Waals surface area contributed by atoms with Crippen molar-refractivity contribution >= 4 is 11.3 Å². The van der Waals surface area contributed by atoms with Crippen LogP contribution < -0.4 is 5.32 Å². The topological polar surface area (TPSA) is 21.3 Å². The molecule has 0 saturated heterocycles. The van der Waals surface area contributed by atoms with Crippen LogP contribution >= 0.6 is 11.3 Å². The van der Waals surface area contributed by atoms with Crippen LogP contribution in [0.15, 0.2) is 12.1 Å². The molecule has 1 aromatic heterocycles. The van der Waals surface area contributed by atoms with Crippen LogP contribution in [-0.4, -0.2) is 19.3 Å². The van der Waals surface area contributed by atoms with Gasteiger partial charge in [0.15, 0.2) is 0 Å². The van der Waals surface area contributed by atoms with Crippen LogP contribution in [0.4, 0.5) is 0 Å². The first kappa shape index (κ1) is 16.0. The fourth-order valence-electron chi connectivity index (χ4n) is 3.32. The van der Waals surface area contributed by atoms with Gasteiger partial charge in [-0.1, -0.05) is 20.8 Å². The molecular formula is C17H29NOS. The molecule has 0 radical (unpaired) electrons. The number of methoxy groups -OCH3 is 1. The van der Waals surface area contributed by atoms with Gasteiger partial charge in [0.1, 0.15) is 0 Å². The maximum atomic E-state index is 6.09. The van der Waals surface area contributed by atoms with E-state index in [1.165, 1.54) is 22.6 Å². The Labute approximate surface area is 127 Å². The molecule has 1 atom stereocenters. The fraction of sp³-hybridized carbons (Fsp3) is 0.765. The molecule has 0 spiro atoms. The number of likely N-dealkylation sites (N-methyl/N-ethyl adjacent to an activating group) is 1. The third-order valence-electron chi connectivity index (χ3n) is 4.84. The molecule has 0 aromatic carbocycles. The molecule has 1 heterocycles. The van der Waals surface area contributed by atoms with Gasteiger partial charge in [-0.2, -0.15) is 0 Å². The number of hydrogen-bond acceptors (Lipinski definition) is 3. The van der Waals surface area contributed by atoms with E-state index in [9.17, 15) is 0 Å². The lowest BCUT2D eigenvalue weighted by atomic mass is 9.68. The lowest BCUT2D eigenvalue weighted by Gasteiger charge is -2.47. The van der Waals surface area contributed by atoms with Crippen molar-refractivity contribution in [2.75, 3.05) is 13.7 Å². The van der Waals surface area contributed by atoms with Crippen molar-refractivity contribution in [3.05, 3.63) is 21.9 Å². The summed E-state index contributed by atoms with van der Waals surface area (Å²) in [5.41, 5.74) is 0.424. The molecule has 0 bridgehead atoms. The van der Waals surface area contributed by atoms with E-state index in [1.807, 2.05) is 18.4 Å². The Morgan fingerprint density at radius 2 is 1.90 bits per heavy atom. The third-order valence-corrected chi connectivity index (χ3v) is 5.90. The molecule has 1 aromatic rings. The lowest BCUT2D eigenvalue weighted by molar-refractivity contribution is -0.0866. The average Bonchev–Trinajstić information content (AvgIpc) is 2.84. The van der Waals surface area contributed by atoms with Crippen molar-refractivity contribution in [2.24, 2.45) is 5.41 Å². The summed E-state index contributed by atoms with van der Waals surface area (Å²) in [5, 5.41) is 3.69. The van der Waals surface area contributed by atoms with Crippen molar-refractivity contribution in [1.29, 1.82) is 0 Å². The van der Waals surface area contributed by atoms with Gasteiger partial charge in [0.05, 0.1) is 11.6 Å². The van der Waals surface area contributed by atoms with E-state index < -0.39 is 0 Å². The second-order valence-electron chi connectivity index (χ2n) is 6.87. The summed E-state index contributed by atoms with van der Waals surface area (Å²) in [5.74, 6) is 0. The number of rotatable bonds is 5. The lowest BCUT2D eigenvalue weighted by Crippen LogP contribution is -2.48. The van der Waals surface area contributed by atoms with E-state index in [2.05, 4.69) is 45.1 Å². The van der Waals surface area contributed by atoms with E-state index in [0.29, 0.717) is 11.5 Å². The summed E-state index contributed by atoms with van der Waals surface area (Å²) < 4.78 is 6.09. The van der Waals surface area contributed by atoms with E-state index >= 15 is 0 Å². The summed E-state index contributed by atoms with van der Waals surface area (Å²) in [6, 6.07) is 4.82. The highest BCUT2D eigenvalue weighted by Crippen LogP contribution is 2.48. The maximum Gasteiger partial charge on any atom is 0.0880 e. The molecule has 2 nitrogen and oxygen atoms in total. The fourth-order valence-corrected chi connectivity index (χ4v) is 4.38. The Kier molecular flexibility index (Phi) is 4.93. The number of aryl methyl sites for hydroxylation is 1. The summed E-state index contributed by atoms with van der Waals surface area (Å²) >= 11 is 1.90. The van der Waals surface area contributed by atoms with E-state index in [0.717, 1.165) is 19.4 Å². The van der Waals surface area contributed by atoms with Crippen LogP contribution in [0.5, 0.6) is 0 Å². The van der Waals surface area contributed by atoms with Gasteiger partial charge in [-0.05, 0) is 56.7 Å². The van der Waals surface area contributed by atoms with Gasteiger partial charge in [-0.25, -0.2) is 0 Å². The van der Waals surface area contributed by atoms with Crippen LogP contribution in [0.2, 0.25) is 0 Å². The van der Waals surface area contributed by atoms with Crippen molar-refractivity contribution < 1.29 is 4.74 Å². The molecule has 0 aliphatic heterocycles. The number of thiophene rings is 1. The molecule has 1 N–H and O–H groups in total. The summed E-state index contributed by atoms with van der Waals surface area (Å²) in [4.78, 5) is 2.80. The van der Waals surface area contributed by atoms with E-state index in [4.69, 9.17) is 4.74 Å². The van der Waals surface area contributed by atoms with Gasteiger partial charge < -0.3 is 10.1 Å². The Balaban J connectivity index is 2.26. The summed E-state index contributed by atoms with van der Waals surface area (Å²) in [6.45, 7) is 10.1. The first-order valence-electron chi connectivity index (χ1n) is 7.77. The molecule has 1 aliphatic carbocycles. The first-order valence-corrected chi connectivity index (χ1v) is 8.59. The monoisotopic (exact) mass is 295 g/mol. The van der Waals surface area contributed by atoms with Gasteiger partial charge in [-0.15, -0.1) is 11.3 Å². The standard InChI is InChI=1S/C17H29NOS/c1-6-18-15(14-8-7-13(2)20-14)17(19-5)11-9-16(3,4)10-12-17/h7-8,15,18H,6,9-12H2,1-5H3. The largest absolute Gasteiger partial charge is 0.376 e. The second-order valence-corrected chi connectivity index (χ2v) is 8.19. The molecule has 3 heteroatoms. The van der Waals surface area contributed by atoms with Gasteiger partial charge in [0, 0.05) is 16.9 Å². The number of nitrogens with one attached hydrogen (secondary N) is 1. The molecule has 1 saturated carbocycles. The molecule has 0 amide bonds. The number of ether oxygens (including phenoxy) is 1. The van der Waals surface area contributed by atoms with Gasteiger partial charge in [0.2, 0.25) is 0 Å². The zero-order valence-electron chi connectivity index (χ0n) is 13.6. The summed E-state index contributed by atoms with van der Waals surface area (Å²) in [7, 11) is 1.89. The molecule has 20 heavy (non-hydrogen) atoms. The highest BCUT2D eigenvalue weighted by molar-refractivity contribution is 7.12. The van der Waals surface area contributed by atoms with Crippen LogP contribution in [0.3, 0.4) is 0 Å². The highest BCUT2D eigenvalue weighted by atomic mass is 32.1. The van der Waals surface area contributed by atoms with E-state index in [-0.39, 0.29) is 5.60 Å². The van der Waals surface area contributed by atoms with Crippen LogP contribution in [-0.2, 0) is 4.74 Å². The zero-order valence-corrected chi connectivity index (χ0v) is 14.4. The van der Waals surface area contributed by atoms with E-state index in [1.54, 1.807) is 0 Å². The van der Waals surface area contributed by atoms with Gasteiger partial charge >= 0.3 is 0 Å². The predicted molar refractivity (Wildman–Crippen MR) is 87.5 cm³/mol. The van der Waals surface area contributed by atoms with Crippen LogP contribution in [0.1, 0.15) is 62.3 Å². The molecule has 1 unspecified atom stereocenters. The number of hydrogen-bond donors (Lipinski definition) is 1. The Morgan fingerprint density at radius 1 is 1.25 bits per heavy atom. The molecule has 1 fully saturated rings. The van der Waals surface area contributed by atoms with Crippen molar-refractivity contribution in [3.63, 3.8) is 0 Å². The predicted octanol–water partition coefficient (Wildman–Crippen LogP) is 4.69. The average molecular weight is 295 g/mol. The Hall–Kier alpha value is -0.380. The van der Waals surface area contributed by atoms with Gasteiger partial charge in [0.25, 0.3) is 0 Å². The van der Waals surface area contributed by atoms with Crippen molar-refractivity contribution in [3.8, 4) is 0 Å². The molecule has 2 rings (SSSR count). The SMILES string of the molecule is CCNC(c1ccc(C)s1)C1(OC)CCC(C)(C)CC1. The zero-order chi connectivity index (χ0) is 14.8. The smallest absolute Gasteiger partial charge is 0.0880 e. The quantitative estimate of drug-likeness (QED) is 0.850. The first-order chi connectivity index (χ1) is 9.42. The molecule has 114 valence electrons. The molecule has 1 aliphatic rings. The highest BCUT2D eigenvalue weighted by Gasteiger charge is 2.45. The molecular weight excluding hydrogens is 266 g/mol. The minimum absolute atomic E-state index is 0.0389. The van der Waals surface area contributed by atoms with Crippen LogP contribution in [0, 0.1) is 12.3 Å². The summed E-state index contributed by atoms with van der Waals surface area (Å²) in [6.07, 6.45) is 4.77. The van der Waals surface area contributed by atoms with Gasteiger partial charge in [-0.3, -0.25) is 0 Å². The normalized spacial score (nSPS) is 22.6. The van der Waals surface area contributed by atoms with Crippen molar-refractivity contribution in [2.45, 2.75) is 65.0 Å². The Morgan fingerprint density at radius 3 is 2.35 bits per heavy atom. The second kappa shape index (κ2) is 6.17.